The van der Waals surface area contributed by atoms with E-state index in [9.17, 15) is 0 Å². The summed E-state index contributed by atoms with van der Waals surface area (Å²) in [7, 11) is 0. The fourth-order valence-electron chi connectivity index (χ4n) is 1.36. The minimum absolute atomic E-state index is 0.762. The number of benzene rings is 1. The molecule has 0 fully saturated rings. The fraction of sp³-hybridized carbons (Fsp3) is 0.385. The van der Waals surface area contributed by atoms with Crippen LogP contribution in [0.4, 0.5) is 0 Å². The van der Waals surface area contributed by atoms with Crippen molar-refractivity contribution < 1.29 is 21.1 Å². The van der Waals surface area contributed by atoms with Gasteiger partial charge in [-0.1, -0.05) is 19.9 Å². The molecule has 1 aromatic rings. The van der Waals surface area contributed by atoms with E-state index in [0.29, 0.717) is 0 Å². The van der Waals surface area contributed by atoms with Gasteiger partial charge in [0.15, 0.2) is 0 Å². The molecule has 0 aliphatic carbocycles. The summed E-state index contributed by atoms with van der Waals surface area (Å²) in [6, 6.07) is 6.98. The Hall–Kier alpha value is -0.137. The summed E-state index contributed by atoms with van der Waals surface area (Å²) in [5.41, 5.74) is 2.31. The van der Waals surface area contributed by atoms with Gasteiger partial charge < -0.3 is 4.74 Å². The van der Waals surface area contributed by atoms with E-state index in [2.05, 4.69) is 26.3 Å². The van der Waals surface area contributed by atoms with Crippen molar-refractivity contribution in [3.8, 4) is 5.75 Å². The van der Waals surface area contributed by atoms with Crippen LogP contribution in [-0.2, 0) is 16.3 Å². The Morgan fingerprint density at radius 1 is 1.38 bits per heavy atom. The molecule has 16 heavy (non-hydrogen) atoms. The van der Waals surface area contributed by atoms with Crippen LogP contribution < -0.4 is 4.74 Å². The average Bonchev–Trinajstić information content (AvgIpc) is 2.30. The van der Waals surface area contributed by atoms with Crippen molar-refractivity contribution >= 4 is 13.6 Å². The summed E-state index contributed by atoms with van der Waals surface area (Å²) < 4.78 is 5.70. The topological polar surface area (TPSA) is 9.23 Å². The molecule has 0 N–H and O–H groups in total. The number of ether oxygens (including phenoxy) is 1. The molecule has 0 unspecified atom stereocenters. The quantitative estimate of drug-likeness (QED) is 0.338. The average molecular weight is 335 g/mol. The zero-order valence-corrected chi connectivity index (χ0v) is 14.6. The van der Waals surface area contributed by atoms with Gasteiger partial charge in [-0.2, -0.15) is 18.2 Å². The van der Waals surface area contributed by atoms with E-state index in [4.69, 9.17) is 4.74 Å². The van der Waals surface area contributed by atoms with E-state index in [1.807, 2.05) is 32.1 Å². The summed E-state index contributed by atoms with van der Waals surface area (Å²) in [5, 5.41) is 0. The van der Waals surface area contributed by atoms with Gasteiger partial charge in [-0.3, -0.25) is 0 Å². The third-order valence-electron chi connectivity index (χ3n) is 2.11. The maximum atomic E-state index is 5.70. The molecule has 0 atom stereocenters. The molecule has 1 aromatic carbocycles. The van der Waals surface area contributed by atoms with Crippen LogP contribution in [-0.4, -0.2) is 6.61 Å². The van der Waals surface area contributed by atoms with Crippen LogP contribution in [0.15, 0.2) is 24.8 Å². The molecule has 0 saturated carbocycles. The van der Waals surface area contributed by atoms with E-state index in [0.717, 1.165) is 36.3 Å². The van der Waals surface area contributed by atoms with E-state index in [-0.39, 0.29) is 0 Å². The first-order valence-electron chi connectivity index (χ1n) is 5.23. The molecule has 1 rings (SSSR count). The molecule has 84 valence electrons. The van der Waals surface area contributed by atoms with Crippen molar-refractivity contribution in [2.45, 2.75) is 26.7 Å². The number of unbranched alkanes of at least 4 members (excludes halogenated alkanes) is 1. The van der Waals surface area contributed by atoms with Gasteiger partial charge in [0.05, 0.1) is 6.61 Å². The molecule has 0 saturated heterocycles. The first-order valence-corrected chi connectivity index (χ1v) is 12.2. The maximum absolute atomic E-state index is 5.70. The first kappa shape index (κ1) is 15.9. The van der Waals surface area contributed by atoms with Gasteiger partial charge >= 0.3 is 30.0 Å². The number of halogens is 1. The number of hydrogen-bond acceptors (Lipinski definition) is 1. The van der Waals surface area contributed by atoms with Gasteiger partial charge in [0, 0.05) is 5.75 Å². The van der Waals surface area contributed by atoms with Gasteiger partial charge in [-0.25, -0.2) is 0 Å². The van der Waals surface area contributed by atoms with Crippen LogP contribution in [0, 0.1) is 19.9 Å². The normalized spacial score (nSPS) is 9.06. The summed E-state index contributed by atoms with van der Waals surface area (Å²) in [6.45, 7) is 8.54. The van der Waals surface area contributed by atoms with E-state index < -0.39 is 0 Å². The monoisotopic (exact) mass is 332 g/mol. The van der Waals surface area contributed by atoms with Gasteiger partial charge in [-0.15, -0.1) is 17.7 Å². The summed E-state index contributed by atoms with van der Waals surface area (Å²) >= 11 is 4.25. The standard InChI is InChI=1S/C13H17O.BrH.Zn/c1-4-5-6-10-14-13-11(2)8-7-9-12(13)3;;/h4,8-9H,1,5-6,10H2,2-3H3;1H;/q-1;;+2/p-1. The van der Waals surface area contributed by atoms with Crippen molar-refractivity contribution in [1.82, 2.24) is 0 Å². The number of allylic oxidation sites excluding steroid dienone is 1. The minimum atomic E-state index is 0.762. The van der Waals surface area contributed by atoms with Crippen molar-refractivity contribution in [3.63, 3.8) is 0 Å². The molecule has 0 heterocycles. The Kier molecular flexibility index (Phi) is 9.96. The number of aryl methyl sites for hydroxylation is 2. The second kappa shape index (κ2) is 10.0. The Morgan fingerprint density at radius 3 is 2.44 bits per heavy atom. The van der Waals surface area contributed by atoms with Gasteiger partial charge in [0.2, 0.25) is 0 Å². The van der Waals surface area contributed by atoms with Crippen molar-refractivity contribution in [2.75, 3.05) is 6.61 Å². The molecule has 0 amide bonds. The fourth-order valence-corrected chi connectivity index (χ4v) is 1.36. The van der Waals surface area contributed by atoms with Crippen LogP contribution in [0.2, 0.25) is 0 Å². The second-order valence-corrected chi connectivity index (χ2v) is 3.43. The van der Waals surface area contributed by atoms with Crippen LogP contribution >= 0.6 is 13.6 Å². The SMILES string of the molecule is C=CCCCOc1c(C)c[c-]cc1C.[Zn+][Br]. The van der Waals surface area contributed by atoms with Gasteiger partial charge in [0.1, 0.15) is 0 Å². The third kappa shape index (κ3) is 5.81. The summed E-state index contributed by atoms with van der Waals surface area (Å²) in [4.78, 5) is 0. The Bertz CT molecular complexity index is 293. The van der Waals surface area contributed by atoms with Gasteiger partial charge in [0.25, 0.3) is 0 Å². The Balaban J connectivity index is 0.00000106. The van der Waals surface area contributed by atoms with Crippen molar-refractivity contribution in [3.05, 3.63) is 42.0 Å². The van der Waals surface area contributed by atoms with Crippen molar-refractivity contribution in [2.24, 2.45) is 0 Å². The molecule has 3 heteroatoms. The molecule has 0 aromatic heterocycles. The molecule has 0 aliphatic rings. The second-order valence-electron chi connectivity index (χ2n) is 3.43. The molecule has 0 spiro atoms. The van der Waals surface area contributed by atoms with Crippen molar-refractivity contribution in [1.29, 1.82) is 0 Å². The zero-order valence-electron chi connectivity index (χ0n) is 10.1. The van der Waals surface area contributed by atoms with Crippen LogP contribution in [0.3, 0.4) is 0 Å². The first-order chi connectivity index (χ1) is 7.75. The molecule has 0 bridgehead atoms. The number of rotatable bonds is 5. The summed E-state index contributed by atoms with van der Waals surface area (Å²) in [5.74, 6) is 1.01. The molecular formula is C13H17BrOZn. The van der Waals surface area contributed by atoms with E-state index in [1.165, 1.54) is 16.3 Å². The predicted octanol–water partition coefficient (Wildman–Crippen LogP) is 4.29. The van der Waals surface area contributed by atoms with E-state index >= 15 is 0 Å². The van der Waals surface area contributed by atoms with Gasteiger partial charge in [-0.05, 0) is 12.8 Å². The Morgan fingerprint density at radius 2 is 1.94 bits per heavy atom. The van der Waals surface area contributed by atoms with Crippen LogP contribution in [0.25, 0.3) is 0 Å². The molecule has 0 aliphatic heterocycles. The molecular weight excluding hydrogens is 317 g/mol. The number of hydrogen-bond donors (Lipinski definition) is 0. The predicted molar refractivity (Wildman–Crippen MR) is 68.6 cm³/mol. The van der Waals surface area contributed by atoms with Crippen LogP contribution in [0.1, 0.15) is 24.0 Å². The Labute approximate surface area is 115 Å². The molecule has 1 nitrogen and oxygen atoms in total. The zero-order chi connectivity index (χ0) is 12.4. The molecule has 0 radical (unpaired) electrons. The van der Waals surface area contributed by atoms with E-state index in [1.54, 1.807) is 0 Å². The summed E-state index contributed by atoms with van der Waals surface area (Å²) in [6.07, 6.45) is 3.96. The third-order valence-corrected chi connectivity index (χ3v) is 2.11. The van der Waals surface area contributed by atoms with Crippen LogP contribution in [0.5, 0.6) is 5.75 Å².